The van der Waals surface area contributed by atoms with Crippen LogP contribution in [0.1, 0.15) is 113 Å². The van der Waals surface area contributed by atoms with Crippen LogP contribution in [0.25, 0.3) is 0 Å². The van der Waals surface area contributed by atoms with E-state index in [-0.39, 0.29) is 29.8 Å². The molecule has 0 unspecified atom stereocenters. The maximum atomic E-state index is 11.0. The number of carbonyl (C=O) groups excluding carboxylic acids is 5. The summed E-state index contributed by atoms with van der Waals surface area (Å²) in [5.41, 5.74) is 1.07. The zero-order valence-electron chi connectivity index (χ0n) is 31.3. The summed E-state index contributed by atoms with van der Waals surface area (Å²) in [6.45, 7) is 32.2. The highest BCUT2D eigenvalue weighted by Crippen LogP contribution is 2.08. The molecular formula is C38H66O10. The minimum absolute atomic E-state index is 0.263. The van der Waals surface area contributed by atoms with Crippen LogP contribution in [0.15, 0.2) is 62.3 Å². The van der Waals surface area contributed by atoms with Crippen LogP contribution in [0.3, 0.4) is 0 Å². The number of methoxy groups -OCH3 is 1. The molecule has 10 heteroatoms. The van der Waals surface area contributed by atoms with Crippen LogP contribution in [0.2, 0.25) is 0 Å². The summed E-state index contributed by atoms with van der Waals surface area (Å²) >= 11 is 0. The maximum absolute atomic E-state index is 11.0. The first kappa shape index (κ1) is 53.5. The Morgan fingerprint density at radius 3 is 1.23 bits per heavy atom. The average Bonchev–Trinajstić information content (AvgIpc) is 3.09. The number of ether oxygens (including phenoxy) is 5. The van der Waals surface area contributed by atoms with Gasteiger partial charge in [-0.2, -0.15) is 0 Å². The molecule has 0 spiro atoms. The second-order valence-electron chi connectivity index (χ2n) is 10.2. The van der Waals surface area contributed by atoms with Crippen molar-refractivity contribution in [2.24, 2.45) is 5.92 Å². The lowest BCUT2D eigenvalue weighted by Crippen LogP contribution is -2.10. The largest absolute Gasteiger partial charge is 0.466 e. The molecule has 0 rings (SSSR count). The lowest BCUT2D eigenvalue weighted by molar-refractivity contribution is -0.140. The van der Waals surface area contributed by atoms with Crippen LogP contribution in [0.5, 0.6) is 0 Å². The fourth-order valence-corrected chi connectivity index (χ4v) is 2.65. The first-order chi connectivity index (χ1) is 22.7. The van der Waals surface area contributed by atoms with Crippen molar-refractivity contribution in [3.05, 3.63) is 62.3 Å². The van der Waals surface area contributed by atoms with Gasteiger partial charge in [-0.05, 0) is 39.0 Å². The molecule has 10 nitrogen and oxygen atoms in total. The number of rotatable bonds is 20. The molecule has 0 aliphatic rings. The van der Waals surface area contributed by atoms with Crippen molar-refractivity contribution in [2.75, 3.05) is 33.5 Å². The summed E-state index contributed by atoms with van der Waals surface area (Å²) in [6.07, 6.45) is 14.9. The van der Waals surface area contributed by atoms with E-state index >= 15 is 0 Å². The molecule has 48 heavy (non-hydrogen) atoms. The van der Waals surface area contributed by atoms with Crippen molar-refractivity contribution in [3.8, 4) is 0 Å². The van der Waals surface area contributed by atoms with Crippen LogP contribution < -0.4 is 0 Å². The van der Waals surface area contributed by atoms with Gasteiger partial charge in [-0.15, -0.1) is 0 Å². The first-order valence-corrected chi connectivity index (χ1v) is 16.7. The van der Waals surface area contributed by atoms with Crippen LogP contribution in [0, 0.1) is 5.92 Å². The summed E-state index contributed by atoms with van der Waals surface area (Å²) in [7, 11) is 1.35. The minimum Gasteiger partial charge on any atom is -0.466 e. The van der Waals surface area contributed by atoms with Gasteiger partial charge in [0.25, 0.3) is 0 Å². The SMILES string of the molecule is C=C(CC)C(=O)OC.C=C(CC)C(=O)OCC(C)C.C=CC(=O)OCC.C=CC(=O)OCC.C=CC(=O)OCCCCCCCCCC. The molecule has 278 valence electrons. The van der Waals surface area contributed by atoms with Crippen molar-refractivity contribution in [2.45, 2.75) is 113 Å². The summed E-state index contributed by atoms with van der Waals surface area (Å²) in [4.78, 5) is 52.2. The van der Waals surface area contributed by atoms with Gasteiger partial charge in [-0.3, -0.25) is 0 Å². The van der Waals surface area contributed by atoms with Gasteiger partial charge < -0.3 is 23.7 Å². The van der Waals surface area contributed by atoms with E-state index in [1.165, 1.54) is 51.7 Å². The Hall–Kier alpha value is -3.95. The van der Waals surface area contributed by atoms with Gasteiger partial charge in [0.05, 0.1) is 33.5 Å². The van der Waals surface area contributed by atoms with E-state index in [0.717, 1.165) is 25.0 Å². The Kier molecular flexibility index (Phi) is 48.0. The van der Waals surface area contributed by atoms with E-state index in [2.05, 4.69) is 54.0 Å². The molecule has 0 amide bonds. The minimum atomic E-state index is -0.359. The molecule has 0 saturated heterocycles. The molecule has 0 aromatic rings. The van der Waals surface area contributed by atoms with E-state index in [0.29, 0.717) is 56.3 Å². The second-order valence-corrected chi connectivity index (χ2v) is 10.2. The van der Waals surface area contributed by atoms with Crippen LogP contribution in [-0.4, -0.2) is 63.4 Å². The highest BCUT2D eigenvalue weighted by molar-refractivity contribution is 5.87. The normalized spacial score (nSPS) is 8.94. The molecule has 0 aliphatic carbocycles. The van der Waals surface area contributed by atoms with Crippen molar-refractivity contribution in [1.29, 1.82) is 0 Å². The number of hydrogen-bond donors (Lipinski definition) is 0. The van der Waals surface area contributed by atoms with E-state index in [1.807, 2.05) is 27.7 Å². The molecule has 0 saturated carbocycles. The van der Waals surface area contributed by atoms with Gasteiger partial charge in [-0.25, -0.2) is 24.0 Å². The van der Waals surface area contributed by atoms with Crippen molar-refractivity contribution in [1.82, 2.24) is 0 Å². The third-order valence-electron chi connectivity index (χ3n) is 5.48. The molecular weight excluding hydrogens is 616 g/mol. The third-order valence-corrected chi connectivity index (χ3v) is 5.48. The summed E-state index contributed by atoms with van der Waals surface area (Å²) < 4.78 is 23.0. The molecule has 0 aliphatic heterocycles. The molecule has 0 radical (unpaired) electrons. The Morgan fingerprint density at radius 2 is 0.938 bits per heavy atom. The van der Waals surface area contributed by atoms with Crippen molar-refractivity contribution >= 4 is 29.8 Å². The van der Waals surface area contributed by atoms with E-state index < -0.39 is 0 Å². The fraction of sp³-hybridized carbons (Fsp3) is 0.605. The Balaban J connectivity index is -0.000000167. The number of esters is 5. The highest BCUT2D eigenvalue weighted by atomic mass is 16.5. The molecule has 0 aromatic carbocycles. The monoisotopic (exact) mass is 682 g/mol. The van der Waals surface area contributed by atoms with Crippen LogP contribution in [0.4, 0.5) is 0 Å². The Labute approximate surface area is 291 Å². The third kappa shape index (κ3) is 48.9. The van der Waals surface area contributed by atoms with Gasteiger partial charge in [0, 0.05) is 29.4 Å². The van der Waals surface area contributed by atoms with Crippen LogP contribution in [-0.2, 0) is 47.7 Å². The van der Waals surface area contributed by atoms with Crippen molar-refractivity contribution in [3.63, 3.8) is 0 Å². The topological polar surface area (TPSA) is 132 Å². The quantitative estimate of drug-likeness (QED) is 0.0532. The maximum Gasteiger partial charge on any atom is 0.333 e. The van der Waals surface area contributed by atoms with Gasteiger partial charge in [0.1, 0.15) is 0 Å². The summed E-state index contributed by atoms with van der Waals surface area (Å²) in [6, 6.07) is 0. The van der Waals surface area contributed by atoms with E-state index in [1.54, 1.807) is 13.8 Å². The van der Waals surface area contributed by atoms with Gasteiger partial charge in [0.2, 0.25) is 0 Å². The van der Waals surface area contributed by atoms with Gasteiger partial charge in [-0.1, -0.05) is 112 Å². The predicted octanol–water partition coefficient (Wildman–Crippen LogP) is 8.60. The molecule has 0 fully saturated rings. The molecule has 0 N–H and O–H groups in total. The standard InChI is InChI=1S/C13H24O2.C9H16O2.C6H10O2.2C5H8O2/c1-3-5-6-7-8-9-10-11-12-15-13(14)4-2;1-5-8(4)9(10)11-6-7(2)3;1-4-5(2)6(7)8-3;2*1-3-5(6)7-4-2/h4H,2-3,5-12H2,1H3;7H,4-6H2,1-3H3;2,4H2,1,3H3;2*3H,1,4H2,2H3. The predicted molar refractivity (Wildman–Crippen MR) is 194 cm³/mol. The molecule has 0 bridgehead atoms. The lowest BCUT2D eigenvalue weighted by atomic mass is 10.1. The summed E-state index contributed by atoms with van der Waals surface area (Å²) in [5.74, 6) is -1.21. The number of hydrogen-bond acceptors (Lipinski definition) is 10. The number of carbonyl (C=O) groups is 5. The molecule has 0 atom stereocenters. The summed E-state index contributed by atoms with van der Waals surface area (Å²) in [5, 5.41) is 0. The molecule has 0 aromatic heterocycles. The smallest absolute Gasteiger partial charge is 0.333 e. The Morgan fingerprint density at radius 1 is 0.562 bits per heavy atom. The van der Waals surface area contributed by atoms with Gasteiger partial charge in [0.15, 0.2) is 0 Å². The zero-order chi connectivity index (χ0) is 38.2. The Bertz CT molecular complexity index is 867. The van der Waals surface area contributed by atoms with Crippen molar-refractivity contribution < 1.29 is 47.7 Å². The lowest BCUT2D eigenvalue weighted by Gasteiger charge is -2.06. The highest BCUT2D eigenvalue weighted by Gasteiger charge is 2.06. The zero-order valence-corrected chi connectivity index (χ0v) is 31.3. The van der Waals surface area contributed by atoms with Crippen LogP contribution >= 0.6 is 0 Å². The van der Waals surface area contributed by atoms with E-state index in [9.17, 15) is 24.0 Å². The number of unbranched alkanes of at least 4 members (excludes halogenated alkanes) is 7. The average molecular weight is 683 g/mol. The van der Waals surface area contributed by atoms with Gasteiger partial charge >= 0.3 is 29.8 Å². The fourth-order valence-electron chi connectivity index (χ4n) is 2.65. The van der Waals surface area contributed by atoms with E-state index in [4.69, 9.17) is 9.47 Å². The second kappa shape index (κ2) is 43.0. The molecule has 0 heterocycles. The first-order valence-electron chi connectivity index (χ1n) is 16.7.